The van der Waals surface area contributed by atoms with Crippen molar-refractivity contribution >= 4 is 0 Å². The van der Waals surface area contributed by atoms with E-state index >= 15 is 0 Å². The molecule has 0 spiro atoms. The average molecular weight is 246 g/mol. The SMILES string of the molecule is CCNC(CN1CCCC1C)c1cccc(C)c1. The van der Waals surface area contributed by atoms with Crippen LogP contribution in [0.5, 0.6) is 0 Å². The Morgan fingerprint density at radius 1 is 1.44 bits per heavy atom. The van der Waals surface area contributed by atoms with Gasteiger partial charge in [-0.15, -0.1) is 0 Å². The lowest BCUT2D eigenvalue weighted by molar-refractivity contribution is 0.238. The highest BCUT2D eigenvalue weighted by molar-refractivity contribution is 5.25. The zero-order valence-electron chi connectivity index (χ0n) is 11.9. The molecule has 2 unspecified atom stereocenters. The number of hydrogen-bond donors (Lipinski definition) is 1. The molecule has 0 radical (unpaired) electrons. The first kappa shape index (κ1) is 13.6. The highest BCUT2D eigenvalue weighted by atomic mass is 15.2. The number of nitrogens with one attached hydrogen (secondary N) is 1. The molecule has 0 saturated carbocycles. The van der Waals surface area contributed by atoms with Gasteiger partial charge in [-0.05, 0) is 45.3 Å². The van der Waals surface area contributed by atoms with Crippen molar-refractivity contribution in [1.29, 1.82) is 0 Å². The standard InChI is InChI=1S/C16H26N2/c1-4-17-16(12-18-10-6-8-14(18)3)15-9-5-7-13(2)11-15/h5,7,9,11,14,16-17H,4,6,8,10,12H2,1-3H3. The molecule has 1 aromatic rings. The first-order valence-corrected chi connectivity index (χ1v) is 7.24. The van der Waals surface area contributed by atoms with Gasteiger partial charge in [0.15, 0.2) is 0 Å². The largest absolute Gasteiger partial charge is 0.309 e. The first-order valence-electron chi connectivity index (χ1n) is 7.24. The molecular formula is C16H26N2. The van der Waals surface area contributed by atoms with Crippen LogP contribution in [0.15, 0.2) is 24.3 Å². The van der Waals surface area contributed by atoms with Crippen molar-refractivity contribution in [2.24, 2.45) is 0 Å². The molecule has 2 nitrogen and oxygen atoms in total. The van der Waals surface area contributed by atoms with Crippen molar-refractivity contribution in [3.05, 3.63) is 35.4 Å². The maximum atomic E-state index is 3.63. The van der Waals surface area contributed by atoms with Gasteiger partial charge in [-0.2, -0.15) is 0 Å². The molecule has 1 N–H and O–H groups in total. The second-order valence-electron chi connectivity index (χ2n) is 5.51. The quantitative estimate of drug-likeness (QED) is 0.858. The molecule has 2 rings (SSSR count). The highest BCUT2D eigenvalue weighted by Crippen LogP contribution is 2.22. The van der Waals surface area contributed by atoms with E-state index in [0.717, 1.165) is 19.1 Å². The van der Waals surface area contributed by atoms with Crippen molar-refractivity contribution < 1.29 is 0 Å². The van der Waals surface area contributed by atoms with Crippen LogP contribution in [-0.2, 0) is 0 Å². The molecule has 0 bridgehead atoms. The average Bonchev–Trinajstić information content (AvgIpc) is 2.74. The van der Waals surface area contributed by atoms with Gasteiger partial charge in [-0.25, -0.2) is 0 Å². The Kier molecular flexibility index (Phi) is 4.79. The molecule has 1 aliphatic heterocycles. The van der Waals surface area contributed by atoms with Gasteiger partial charge in [0, 0.05) is 18.6 Å². The van der Waals surface area contributed by atoms with Crippen LogP contribution in [0.2, 0.25) is 0 Å². The summed E-state index contributed by atoms with van der Waals surface area (Å²) in [7, 11) is 0. The summed E-state index contributed by atoms with van der Waals surface area (Å²) in [5.41, 5.74) is 2.78. The molecule has 1 fully saturated rings. The molecule has 1 aliphatic rings. The van der Waals surface area contributed by atoms with E-state index < -0.39 is 0 Å². The maximum absolute atomic E-state index is 3.63. The number of benzene rings is 1. The van der Waals surface area contributed by atoms with Gasteiger partial charge in [0.25, 0.3) is 0 Å². The second kappa shape index (κ2) is 6.35. The topological polar surface area (TPSA) is 15.3 Å². The number of nitrogens with zero attached hydrogens (tertiary/aromatic N) is 1. The molecule has 0 amide bonds. The summed E-state index contributed by atoms with van der Waals surface area (Å²) < 4.78 is 0. The van der Waals surface area contributed by atoms with E-state index in [2.05, 4.69) is 55.3 Å². The van der Waals surface area contributed by atoms with Gasteiger partial charge in [0.1, 0.15) is 0 Å². The maximum Gasteiger partial charge on any atom is 0.0449 e. The van der Waals surface area contributed by atoms with E-state index in [0.29, 0.717) is 6.04 Å². The Hall–Kier alpha value is -0.860. The van der Waals surface area contributed by atoms with Gasteiger partial charge in [-0.1, -0.05) is 36.8 Å². The summed E-state index contributed by atoms with van der Waals surface area (Å²) in [5, 5.41) is 3.63. The molecule has 2 atom stereocenters. The number of rotatable bonds is 5. The zero-order chi connectivity index (χ0) is 13.0. The third kappa shape index (κ3) is 3.33. The molecule has 2 heteroatoms. The van der Waals surface area contributed by atoms with Crippen molar-refractivity contribution in [3.63, 3.8) is 0 Å². The molecule has 0 aliphatic carbocycles. The van der Waals surface area contributed by atoms with Gasteiger partial charge in [-0.3, -0.25) is 4.90 Å². The lowest BCUT2D eigenvalue weighted by Crippen LogP contribution is -2.37. The first-order chi connectivity index (χ1) is 8.70. The molecule has 0 aromatic heterocycles. The fourth-order valence-corrected chi connectivity index (χ4v) is 2.92. The monoisotopic (exact) mass is 246 g/mol. The van der Waals surface area contributed by atoms with E-state index in [9.17, 15) is 0 Å². The van der Waals surface area contributed by atoms with E-state index in [1.807, 2.05) is 0 Å². The number of hydrogen-bond acceptors (Lipinski definition) is 2. The van der Waals surface area contributed by atoms with Crippen molar-refractivity contribution in [3.8, 4) is 0 Å². The highest BCUT2D eigenvalue weighted by Gasteiger charge is 2.23. The minimum Gasteiger partial charge on any atom is -0.309 e. The van der Waals surface area contributed by atoms with Crippen LogP contribution in [0.4, 0.5) is 0 Å². The van der Waals surface area contributed by atoms with Crippen LogP contribution in [0.3, 0.4) is 0 Å². The van der Waals surface area contributed by atoms with Crippen LogP contribution in [0, 0.1) is 6.92 Å². The third-order valence-corrected chi connectivity index (χ3v) is 4.00. The summed E-state index contributed by atoms with van der Waals surface area (Å²) >= 11 is 0. The van der Waals surface area contributed by atoms with Gasteiger partial charge >= 0.3 is 0 Å². The normalized spacial score (nSPS) is 22.3. The summed E-state index contributed by atoms with van der Waals surface area (Å²) in [6.07, 6.45) is 2.71. The van der Waals surface area contributed by atoms with Gasteiger partial charge in [0.05, 0.1) is 0 Å². The van der Waals surface area contributed by atoms with Gasteiger partial charge in [0.2, 0.25) is 0 Å². The lowest BCUT2D eigenvalue weighted by Gasteiger charge is -2.28. The Labute approximate surface area is 111 Å². The summed E-state index contributed by atoms with van der Waals surface area (Å²) in [4.78, 5) is 2.62. The van der Waals surface area contributed by atoms with E-state index in [1.54, 1.807) is 0 Å². The zero-order valence-corrected chi connectivity index (χ0v) is 11.9. The molecule has 1 aromatic carbocycles. The fraction of sp³-hybridized carbons (Fsp3) is 0.625. The number of aryl methyl sites for hydroxylation is 1. The third-order valence-electron chi connectivity index (χ3n) is 4.00. The summed E-state index contributed by atoms with van der Waals surface area (Å²) in [5.74, 6) is 0. The Bertz CT molecular complexity index is 375. The predicted octanol–water partition coefficient (Wildman–Crippen LogP) is 3.13. The molecule has 18 heavy (non-hydrogen) atoms. The van der Waals surface area contributed by atoms with Crippen molar-refractivity contribution in [2.45, 2.75) is 45.7 Å². The number of likely N-dealkylation sites (tertiary alicyclic amines) is 1. The smallest absolute Gasteiger partial charge is 0.0449 e. The summed E-state index contributed by atoms with van der Waals surface area (Å²) in [6, 6.07) is 10.1. The van der Waals surface area contributed by atoms with E-state index in [-0.39, 0.29) is 0 Å². The lowest BCUT2D eigenvalue weighted by atomic mass is 10.0. The molecular weight excluding hydrogens is 220 g/mol. The van der Waals surface area contributed by atoms with Crippen LogP contribution in [0.25, 0.3) is 0 Å². The Balaban J connectivity index is 2.07. The van der Waals surface area contributed by atoms with Crippen LogP contribution in [-0.4, -0.2) is 30.6 Å². The Morgan fingerprint density at radius 2 is 2.28 bits per heavy atom. The van der Waals surface area contributed by atoms with Crippen LogP contribution < -0.4 is 5.32 Å². The van der Waals surface area contributed by atoms with Crippen LogP contribution >= 0.6 is 0 Å². The van der Waals surface area contributed by atoms with Crippen molar-refractivity contribution in [1.82, 2.24) is 10.2 Å². The molecule has 1 saturated heterocycles. The van der Waals surface area contributed by atoms with Crippen LogP contribution in [0.1, 0.15) is 43.9 Å². The second-order valence-corrected chi connectivity index (χ2v) is 5.51. The van der Waals surface area contributed by atoms with E-state index in [1.165, 1.54) is 30.5 Å². The minimum atomic E-state index is 0.468. The van der Waals surface area contributed by atoms with Gasteiger partial charge < -0.3 is 5.32 Å². The molecule has 1 heterocycles. The fourth-order valence-electron chi connectivity index (χ4n) is 2.92. The molecule has 100 valence electrons. The minimum absolute atomic E-state index is 0.468. The van der Waals surface area contributed by atoms with E-state index in [4.69, 9.17) is 0 Å². The predicted molar refractivity (Wildman–Crippen MR) is 77.9 cm³/mol. The van der Waals surface area contributed by atoms with Crippen molar-refractivity contribution in [2.75, 3.05) is 19.6 Å². The Morgan fingerprint density at radius 3 is 2.89 bits per heavy atom. The number of likely N-dealkylation sites (N-methyl/N-ethyl adjacent to an activating group) is 1. The summed E-state index contributed by atoms with van der Waals surface area (Å²) in [6.45, 7) is 10.1.